The van der Waals surface area contributed by atoms with E-state index < -0.39 is 27.6 Å². The van der Waals surface area contributed by atoms with Gasteiger partial charge in [-0.05, 0) is 73.4 Å². The third-order valence-electron chi connectivity index (χ3n) is 6.51. The summed E-state index contributed by atoms with van der Waals surface area (Å²) in [5.41, 5.74) is 2.03. The number of carboxylic acids is 1. The van der Waals surface area contributed by atoms with Crippen LogP contribution in [0, 0.1) is 5.92 Å². The summed E-state index contributed by atoms with van der Waals surface area (Å²) in [4.78, 5) is 21.9. The second kappa shape index (κ2) is 12.4. The number of sulfonamides is 1. The molecule has 0 aromatic heterocycles. The number of halogens is 3. The molecule has 4 rings (SSSR count). The maximum Gasteiger partial charge on any atom is 0.490 e. The van der Waals surface area contributed by atoms with Crippen LogP contribution in [0.5, 0.6) is 0 Å². The Balaban J connectivity index is 0.000000532. The van der Waals surface area contributed by atoms with Crippen molar-refractivity contribution in [3.05, 3.63) is 59.7 Å². The van der Waals surface area contributed by atoms with Crippen LogP contribution < -0.4 is 10.0 Å². The number of hydrogen-bond acceptors (Lipinski definition) is 5. The maximum atomic E-state index is 12.8. The van der Waals surface area contributed by atoms with Gasteiger partial charge in [-0.2, -0.15) is 13.2 Å². The van der Waals surface area contributed by atoms with Gasteiger partial charge in [-0.3, -0.25) is 9.52 Å². The number of anilines is 1. The molecule has 2 aromatic rings. The van der Waals surface area contributed by atoms with Crippen LogP contribution in [0.15, 0.2) is 53.4 Å². The monoisotopic (exact) mass is 570 g/mol. The maximum absolute atomic E-state index is 12.8. The highest BCUT2D eigenvalue weighted by atomic mass is 32.2. The van der Waals surface area contributed by atoms with E-state index in [4.69, 9.17) is 14.6 Å². The molecule has 2 aromatic carbocycles. The van der Waals surface area contributed by atoms with E-state index in [1.54, 1.807) is 24.3 Å². The molecule has 1 atom stereocenters. The van der Waals surface area contributed by atoms with Gasteiger partial charge in [0.05, 0.1) is 16.4 Å². The van der Waals surface area contributed by atoms with Crippen molar-refractivity contribution in [3.8, 4) is 0 Å². The second-order valence-corrected chi connectivity index (χ2v) is 11.8. The summed E-state index contributed by atoms with van der Waals surface area (Å²) in [6, 6.07) is 14.2. The van der Waals surface area contributed by atoms with E-state index in [2.05, 4.69) is 23.9 Å². The van der Waals surface area contributed by atoms with Crippen molar-refractivity contribution in [2.75, 3.05) is 17.9 Å². The molecule has 1 unspecified atom stereocenters. The van der Waals surface area contributed by atoms with Gasteiger partial charge in [0.2, 0.25) is 5.91 Å². The van der Waals surface area contributed by atoms with Crippen LogP contribution in [-0.4, -0.2) is 50.8 Å². The first-order valence-electron chi connectivity index (χ1n) is 12.7. The number of carboxylic acid groups (broad SMARTS) is 1. The van der Waals surface area contributed by atoms with Gasteiger partial charge in [0.25, 0.3) is 10.0 Å². The van der Waals surface area contributed by atoms with Crippen molar-refractivity contribution in [3.63, 3.8) is 0 Å². The number of benzene rings is 2. The van der Waals surface area contributed by atoms with E-state index in [0.717, 1.165) is 49.8 Å². The molecule has 1 saturated heterocycles. The first-order valence-corrected chi connectivity index (χ1v) is 14.1. The molecule has 39 heavy (non-hydrogen) atoms. The highest BCUT2D eigenvalue weighted by Crippen LogP contribution is 2.48. The number of carbonyl (C=O) groups is 2. The van der Waals surface area contributed by atoms with Crippen LogP contribution in [-0.2, 0) is 36.2 Å². The predicted molar refractivity (Wildman–Crippen MR) is 139 cm³/mol. The Morgan fingerprint density at radius 1 is 1.08 bits per heavy atom. The fourth-order valence-corrected chi connectivity index (χ4v) is 5.36. The summed E-state index contributed by atoms with van der Waals surface area (Å²) >= 11 is 0. The Morgan fingerprint density at radius 2 is 1.67 bits per heavy atom. The Hall–Kier alpha value is -3.12. The van der Waals surface area contributed by atoms with Gasteiger partial charge in [-0.1, -0.05) is 38.1 Å². The minimum atomic E-state index is -5.08. The minimum Gasteiger partial charge on any atom is -0.475 e. The molecule has 12 heteroatoms. The number of rotatable bonds is 9. The summed E-state index contributed by atoms with van der Waals surface area (Å²) in [7, 11) is -3.67. The average molecular weight is 571 g/mol. The Bertz CT molecular complexity index is 1240. The fourth-order valence-electron chi connectivity index (χ4n) is 4.30. The molecular weight excluding hydrogens is 537 g/mol. The van der Waals surface area contributed by atoms with Crippen molar-refractivity contribution in [1.29, 1.82) is 0 Å². The number of alkyl halides is 3. The van der Waals surface area contributed by atoms with E-state index in [1.807, 2.05) is 24.3 Å². The van der Waals surface area contributed by atoms with Gasteiger partial charge in [0, 0.05) is 18.8 Å². The molecule has 8 nitrogen and oxygen atoms in total. The number of carbonyl (C=O) groups excluding carboxylic acids is 1. The fraction of sp³-hybridized carbons (Fsp3) is 0.481. The number of aliphatic carboxylic acids is 1. The third-order valence-corrected chi connectivity index (χ3v) is 7.91. The molecular formula is C27H33F3N2O6S. The zero-order chi connectivity index (χ0) is 28.8. The zero-order valence-corrected chi connectivity index (χ0v) is 22.6. The Labute approximate surface area is 226 Å². The van der Waals surface area contributed by atoms with E-state index in [1.165, 1.54) is 0 Å². The summed E-state index contributed by atoms with van der Waals surface area (Å²) in [5.74, 6) is -2.21. The van der Waals surface area contributed by atoms with Crippen LogP contribution in [0.4, 0.5) is 18.9 Å². The number of amides is 1. The van der Waals surface area contributed by atoms with Gasteiger partial charge < -0.3 is 15.2 Å². The van der Waals surface area contributed by atoms with Crippen molar-refractivity contribution < 1.29 is 41.0 Å². The lowest BCUT2D eigenvalue weighted by atomic mass is 9.94. The molecule has 1 aliphatic carbocycles. The predicted octanol–water partition coefficient (Wildman–Crippen LogP) is 4.65. The molecule has 0 radical (unpaired) electrons. The summed E-state index contributed by atoms with van der Waals surface area (Å²) in [6.07, 6.45) is -0.409. The normalized spacial score (nSPS) is 18.2. The quantitative estimate of drug-likeness (QED) is 0.404. The molecule has 0 bridgehead atoms. The van der Waals surface area contributed by atoms with E-state index in [9.17, 15) is 26.4 Å². The van der Waals surface area contributed by atoms with Crippen molar-refractivity contribution in [2.24, 2.45) is 5.92 Å². The summed E-state index contributed by atoms with van der Waals surface area (Å²) in [6.45, 7) is 5.59. The standard InChI is InChI=1S/C25H32N2O4S.C2HF3O2/c1-18(2)16-19-5-11-23(12-6-19)32(29,30)27-21-9-7-20(8-10-21)25(13-14-25)24(28)26-17-22-4-3-15-31-22;3-2(4,5)1(6)7/h5-12,18,22,27H,3-4,13-17H2,1-2H3,(H,26,28);(H,6,7). The lowest BCUT2D eigenvalue weighted by molar-refractivity contribution is -0.192. The van der Waals surface area contributed by atoms with Crippen LogP contribution in [0.2, 0.25) is 0 Å². The largest absolute Gasteiger partial charge is 0.490 e. The Morgan fingerprint density at radius 3 is 2.13 bits per heavy atom. The summed E-state index contributed by atoms with van der Waals surface area (Å²) < 4.78 is 65.5. The molecule has 0 spiro atoms. The van der Waals surface area contributed by atoms with Gasteiger partial charge in [0.15, 0.2) is 0 Å². The second-order valence-electron chi connectivity index (χ2n) is 10.2. The first-order chi connectivity index (χ1) is 18.2. The van der Waals surface area contributed by atoms with Crippen LogP contribution in [0.3, 0.4) is 0 Å². The minimum absolute atomic E-state index is 0.0304. The van der Waals surface area contributed by atoms with Gasteiger partial charge >= 0.3 is 12.1 Å². The molecule has 214 valence electrons. The van der Waals surface area contributed by atoms with E-state index in [0.29, 0.717) is 18.2 Å². The van der Waals surface area contributed by atoms with Gasteiger partial charge in [-0.15, -0.1) is 0 Å². The van der Waals surface area contributed by atoms with E-state index >= 15 is 0 Å². The molecule has 1 aliphatic heterocycles. The molecule has 2 aliphatic rings. The van der Waals surface area contributed by atoms with Gasteiger partial charge in [-0.25, -0.2) is 13.2 Å². The Kier molecular flexibility index (Phi) is 9.65. The van der Waals surface area contributed by atoms with Gasteiger partial charge in [0.1, 0.15) is 0 Å². The number of hydrogen-bond donors (Lipinski definition) is 3. The zero-order valence-electron chi connectivity index (χ0n) is 21.8. The SMILES string of the molecule is CC(C)Cc1ccc(S(=O)(=O)Nc2ccc(C3(C(=O)NCC4CCCO4)CC3)cc2)cc1.O=C(O)C(F)(F)F. The van der Waals surface area contributed by atoms with Crippen LogP contribution in [0.25, 0.3) is 0 Å². The molecule has 3 N–H and O–H groups in total. The molecule has 1 amide bonds. The highest BCUT2D eigenvalue weighted by molar-refractivity contribution is 7.92. The van der Waals surface area contributed by atoms with Crippen molar-refractivity contribution >= 4 is 27.6 Å². The first kappa shape index (κ1) is 30.4. The molecule has 1 saturated carbocycles. The lowest BCUT2D eigenvalue weighted by Crippen LogP contribution is -2.39. The third kappa shape index (κ3) is 8.43. The summed E-state index contributed by atoms with van der Waals surface area (Å²) in [5, 5.41) is 10.2. The highest BCUT2D eigenvalue weighted by Gasteiger charge is 2.51. The molecule has 2 fully saturated rings. The topological polar surface area (TPSA) is 122 Å². The average Bonchev–Trinajstić information content (AvgIpc) is 3.50. The van der Waals surface area contributed by atoms with Crippen LogP contribution >= 0.6 is 0 Å². The lowest BCUT2D eigenvalue weighted by Gasteiger charge is -2.18. The number of ether oxygens (including phenoxy) is 1. The smallest absolute Gasteiger partial charge is 0.475 e. The van der Waals surface area contributed by atoms with Crippen molar-refractivity contribution in [1.82, 2.24) is 5.32 Å². The molecule has 1 heterocycles. The number of nitrogens with one attached hydrogen (secondary N) is 2. The van der Waals surface area contributed by atoms with E-state index in [-0.39, 0.29) is 16.9 Å². The van der Waals surface area contributed by atoms with Crippen LogP contribution in [0.1, 0.15) is 50.7 Å². The van der Waals surface area contributed by atoms with Crippen molar-refractivity contribution in [2.45, 2.75) is 68.5 Å².